The molecule has 10 rings (SSSR count). The van der Waals surface area contributed by atoms with Crippen LogP contribution < -0.4 is 15.4 Å². The van der Waals surface area contributed by atoms with Gasteiger partial charge in [0.2, 0.25) is 24.5 Å². The SMILES string of the molecule is CCc1ccc([C@@H]2Oc3cc(-c4cnc([C@@H]5CCCN5C(=O)[C@@H](NC(=O)OC)C(C)C)[nH]4)cc(F)c3-c3cc4cc(-c5cnc([C@@H]6CCCN6C(=O)[C@@H](N[C@H](O)OC)C6CCOCC6)[nH]5)ccc4n32)s1. The van der Waals surface area contributed by atoms with E-state index in [2.05, 4.69) is 50.3 Å². The summed E-state index contributed by atoms with van der Waals surface area (Å²) in [6, 6.07) is 13.6. The molecule has 3 amide bonds. The Morgan fingerprint density at radius 2 is 1.59 bits per heavy atom. The monoisotopic (exact) mass is 977 g/mol. The lowest BCUT2D eigenvalue weighted by Crippen LogP contribution is -2.54. The Morgan fingerprint density at radius 1 is 0.900 bits per heavy atom. The summed E-state index contributed by atoms with van der Waals surface area (Å²) >= 11 is 1.67. The number of hydrogen-bond acceptors (Lipinski definition) is 12. The lowest BCUT2D eigenvalue weighted by atomic mass is 9.90. The number of nitrogens with zero attached hydrogens (tertiary/aromatic N) is 5. The molecule has 4 aliphatic heterocycles. The number of hydrogen-bond donors (Lipinski definition) is 5. The molecule has 6 atom stereocenters. The smallest absolute Gasteiger partial charge is 0.407 e. The Balaban J connectivity index is 0.947. The zero-order chi connectivity index (χ0) is 48.8. The summed E-state index contributed by atoms with van der Waals surface area (Å²) in [5.41, 5.74) is 4.68. The van der Waals surface area contributed by atoms with Gasteiger partial charge >= 0.3 is 6.09 Å². The van der Waals surface area contributed by atoms with Crippen LogP contribution in [0.2, 0.25) is 0 Å². The van der Waals surface area contributed by atoms with Gasteiger partial charge in [-0.15, -0.1) is 11.3 Å². The molecule has 70 heavy (non-hydrogen) atoms. The van der Waals surface area contributed by atoms with E-state index in [0.717, 1.165) is 52.7 Å². The standard InChI is InChI=1S/C51H60FN9O8S/c1-6-32-12-14-41(70-32)49-61-36-13-11-29(34-25-53-45(55-34)38-10-8-18-60(38)48(63)44(58-51(65)67-5)28-15-19-68-20-16-28)21-31(36)23-39(61)42-33(52)22-30(24-40(42)69-49)35-26-54-46(56-35)37-9-7-17-59(37)47(62)43(27(2)3)57-50(64)66-4/h11-14,21-28,37-38,43-44,49,51,58,65H,6-10,15-20H2,1-5H3,(H,53,55)(H,54,56)(H,57,64)/t37-,38-,43-,44-,49-,51+/m0/s1. The van der Waals surface area contributed by atoms with Crippen LogP contribution in [0, 0.1) is 17.7 Å². The van der Waals surface area contributed by atoms with Crippen LogP contribution in [-0.2, 0) is 30.2 Å². The number of ether oxygens (including phenoxy) is 4. The van der Waals surface area contributed by atoms with Gasteiger partial charge in [-0.05, 0) is 99.2 Å². The van der Waals surface area contributed by atoms with E-state index in [1.807, 2.05) is 43.0 Å². The Kier molecular flexibility index (Phi) is 13.5. The second kappa shape index (κ2) is 19.9. The van der Waals surface area contributed by atoms with E-state index >= 15 is 4.39 Å². The van der Waals surface area contributed by atoms with Crippen LogP contribution in [0.4, 0.5) is 9.18 Å². The molecule has 0 aliphatic carbocycles. The van der Waals surface area contributed by atoms with E-state index in [-0.39, 0.29) is 35.7 Å². The third-order valence-corrected chi connectivity index (χ3v) is 15.6. The van der Waals surface area contributed by atoms with Gasteiger partial charge in [0.15, 0.2) is 0 Å². The molecule has 8 heterocycles. The van der Waals surface area contributed by atoms with Crippen molar-refractivity contribution in [2.45, 2.75) is 103 Å². The summed E-state index contributed by atoms with van der Waals surface area (Å²) in [6.07, 6.45) is 6.20. The van der Waals surface area contributed by atoms with Crippen molar-refractivity contribution in [2.24, 2.45) is 11.8 Å². The number of thiophene rings is 1. The largest absolute Gasteiger partial charge is 0.464 e. The third kappa shape index (κ3) is 8.97. The van der Waals surface area contributed by atoms with Crippen molar-refractivity contribution in [2.75, 3.05) is 40.5 Å². The number of nitrogens with one attached hydrogen (secondary N) is 4. The van der Waals surface area contributed by atoms with Gasteiger partial charge < -0.3 is 49.1 Å². The van der Waals surface area contributed by atoms with E-state index in [1.54, 1.807) is 28.6 Å². The van der Waals surface area contributed by atoms with Crippen molar-refractivity contribution >= 4 is 40.1 Å². The molecule has 4 aliphatic rings. The number of aliphatic hydroxyl groups is 1. The molecule has 19 heteroatoms. The van der Waals surface area contributed by atoms with E-state index < -0.39 is 36.6 Å². The summed E-state index contributed by atoms with van der Waals surface area (Å²) in [4.78, 5) is 62.4. The van der Waals surface area contributed by atoms with Gasteiger partial charge in [0, 0.05) is 54.8 Å². The highest BCUT2D eigenvalue weighted by atomic mass is 32.1. The number of aryl methyl sites for hydroxylation is 1. The number of likely N-dealkylation sites (tertiary alicyclic amines) is 2. The fraction of sp³-hybridized carbons (Fsp3) is 0.471. The average Bonchev–Trinajstić information content (AvgIpc) is 4.24. The van der Waals surface area contributed by atoms with Crippen LogP contribution >= 0.6 is 11.3 Å². The molecule has 17 nitrogen and oxygen atoms in total. The quantitative estimate of drug-likeness (QED) is 0.0667. The molecular weight excluding hydrogens is 918 g/mol. The van der Waals surface area contributed by atoms with E-state index in [0.29, 0.717) is 85.5 Å². The number of amides is 3. The van der Waals surface area contributed by atoms with Crippen molar-refractivity contribution < 1.29 is 42.8 Å². The van der Waals surface area contributed by atoms with E-state index in [1.165, 1.54) is 25.2 Å². The topological polar surface area (TPSA) is 201 Å². The molecule has 370 valence electrons. The summed E-state index contributed by atoms with van der Waals surface area (Å²) in [5, 5.41) is 17.0. The number of alkyl carbamates (subject to hydrolysis) is 1. The first-order valence-electron chi connectivity index (χ1n) is 24.3. The molecule has 6 aromatic rings. The molecule has 0 spiro atoms. The van der Waals surface area contributed by atoms with Gasteiger partial charge in [0.25, 0.3) is 0 Å². The third-order valence-electron chi connectivity index (χ3n) is 14.4. The van der Waals surface area contributed by atoms with Crippen LogP contribution in [0.15, 0.2) is 60.9 Å². The molecular formula is C51H60FN9O8S. The molecule has 5 N–H and O–H groups in total. The maximum Gasteiger partial charge on any atom is 0.407 e. The highest BCUT2D eigenvalue weighted by Gasteiger charge is 2.41. The Bertz CT molecular complexity index is 2890. The first-order chi connectivity index (χ1) is 33.9. The molecule has 0 unspecified atom stereocenters. The van der Waals surface area contributed by atoms with Crippen LogP contribution in [0.5, 0.6) is 5.75 Å². The summed E-state index contributed by atoms with van der Waals surface area (Å²) in [7, 11) is 2.67. The van der Waals surface area contributed by atoms with Crippen molar-refractivity contribution in [1.82, 2.24) is 44.9 Å². The highest BCUT2D eigenvalue weighted by molar-refractivity contribution is 7.12. The van der Waals surface area contributed by atoms with E-state index in [4.69, 9.17) is 28.9 Å². The normalized spacial score (nSPS) is 20.6. The predicted octanol–water partition coefficient (Wildman–Crippen LogP) is 7.81. The lowest BCUT2D eigenvalue weighted by Gasteiger charge is -2.35. The minimum absolute atomic E-state index is 0.0124. The molecule has 3 saturated heterocycles. The summed E-state index contributed by atoms with van der Waals surface area (Å²) in [6.45, 7) is 8.06. The number of imidazole rings is 2. The molecule has 2 aromatic carbocycles. The first kappa shape index (κ1) is 47.6. The number of methoxy groups -OCH3 is 2. The van der Waals surface area contributed by atoms with Crippen LogP contribution in [-0.4, -0.2) is 116 Å². The number of aliphatic hydroxyl groups excluding tert-OH is 1. The number of carbonyl (C=O) groups excluding carboxylic acids is 3. The Hall–Kier alpha value is -6.12. The first-order valence-corrected chi connectivity index (χ1v) is 25.1. The molecule has 3 fully saturated rings. The van der Waals surface area contributed by atoms with E-state index in [9.17, 15) is 19.5 Å². The maximum absolute atomic E-state index is 16.9. The van der Waals surface area contributed by atoms with Crippen molar-refractivity contribution in [3.8, 4) is 39.5 Å². The van der Waals surface area contributed by atoms with Gasteiger partial charge in [-0.25, -0.2) is 19.2 Å². The minimum atomic E-state index is -1.28. The zero-order valence-electron chi connectivity index (χ0n) is 40.0. The fourth-order valence-corrected chi connectivity index (χ4v) is 11.6. The minimum Gasteiger partial charge on any atom is -0.464 e. The van der Waals surface area contributed by atoms with Gasteiger partial charge in [0.05, 0.1) is 70.7 Å². The number of halogens is 1. The summed E-state index contributed by atoms with van der Waals surface area (Å²) < 4.78 is 41.3. The number of aromatic nitrogens is 5. The Morgan fingerprint density at radius 3 is 2.23 bits per heavy atom. The number of fused-ring (bicyclic) bond motifs is 5. The van der Waals surface area contributed by atoms with Gasteiger partial charge in [-0.1, -0.05) is 26.8 Å². The van der Waals surface area contributed by atoms with Crippen molar-refractivity contribution in [3.05, 3.63) is 88.1 Å². The number of H-pyrrole nitrogens is 2. The lowest BCUT2D eigenvalue weighted by molar-refractivity contribution is -0.147. The summed E-state index contributed by atoms with van der Waals surface area (Å²) in [5.74, 6) is 0.703. The number of rotatable bonds is 14. The Labute approximate surface area is 409 Å². The van der Waals surface area contributed by atoms with Crippen LogP contribution in [0.1, 0.15) is 99.0 Å². The maximum atomic E-state index is 16.9. The van der Waals surface area contributed by atoms with Gasteiger partial charge in [0.1, 0.15) is 29.3 Å². The van der Waals surface area contributed by atoms with Crippen LogP contribution in [0.3, 0.4) is 0 Å². The van der Waals surface area contributed by atoms with Gasteiger partial charge in [-0.2, -0.15) is 0 Å². The van der Waals surface area contributed by atoms with Crippen molar-refractivity contribution in [1.29, 1.82) is 0 Å². The fourth-order valence-electron chi connectivity index (χ4n) is 10.7. The second-order valence-corrected chi connectivity index (χ2v) is 20.1. The zero-order valence-corrected chi connectivity index (χ0v) is 40.8. The molecule has 4 aromatic heterocycles. The number of aromatic amines is 2. The number of benzene rings is 2. The molecule has 0 bridgehead atoms. The molecule has 0 saturated carbocycles. The highest BCUT2D eigenvalue weighted by Crippen LogP contribution is 2.48. The second-order valence-electron chi connectivity index (χ2n) is 18.9. The van der Waals surface area contributed by atoms with Crippen LogP contribution in [0.25, 0.3) is 44.7 Å². The van der Waals surface area contributed by atoms with Crippen molar-refractivity contribution in [3.63, 3.8) is 0 Å². The molecule has 0 radical (unpaired) electrons. The number of carbonyl (C=O) groups is 3. The predicted molar refractivity (Wildman–Crippen MR) is 260 cm³/mol. The van der Waals surface area contributed by atoms with Gasteiger partial charge in [-0.3, -0.25) is 19.5 Å². The average molecular weight is 978 g/mol.